The van der Waals surface area contributed by atoms with Gasteiger partial charge >= 0.3 is 0 Å². The summed E-state index contributed by atoms with van der Waals surface area (Å²) >= 11 is 0. The van der Waals surface area contributed by atoms with E-state index in [-0.39, 0.29) is 0 Å². The zero-order valence-electron chi connectivity index (χ0n) is 10.6. The molecule has 18 heavy (non-hydrogen) atoms. The molecule has 0 atom stereocenters. The second kappa shape index (κ2) is 4.26. The van der Waals surface area contributed by atoms with Gasteiger partial charge < -0.3 is 4.57 Å². The number of aryl methyl sites for hydroxylation is 1. The van der Waals surface area contributed by atoms with Crippen molar-refractivity contribution in [1.82, 2.24) is 14.5 Å². The highest BCUT2D eigenvalue weighted by Gasteiger charge is 2.17. The zero-order chi connectivity index (χ0) is 12.5. The van der Waals surface area contributed by atoms with Crippen LogP contribution in [0.2, 0.25) is 0 Å². The Balaban J connectivity index is 2.20. The highest BCUT2D eigenvalue weighted by Crippen LogP contribution is 2.31. The highest BCUT2D eigenvalue weighted by molar-refractivity contribution is 5.75. The van der Waals surface area contributed by atoms with Gasteiger partial charge in [0, 0.05) is 23.9 Å². The first-order valence-electron chi connectivity index (χ1n) is 6.17. The van der Waals surface area contributed by atoms with Crippen molar-refractivity contribution in [1.29, 1.82) is 0 Å². The number of hydrogen-bond donors (Lipinski definition) is 0. The van der Waals surface area contributed by atoms with Gasteiger partial charge in [0.15, 0.2) is 0 Å². The molecule has 0 aliphatic carbocycles. The van der Waals surface area contributed by atoms with Crippen molar-refractivity contribution >= 4 is 0 Å². The topological polar surface area (TPSA) is 30.7 Å². The third-order valence-electron chi connectivity index (χ3n) is 3.22. The Labute approximate surface area is 106 Å². The number of benzene rings is 1. The van der Waals surface area contributed by atoms with E-state index in [1.165, 1.54) is 0 Å². The molecule has 0 bridgehead atoms. The molecule has 0 saturated carbocycles. The summed E-state index contributed by atoms with van der Waals surface area (Å²) in [5.41, 5.74) is 5.30. The van der Waals surface area contributed by atoms with Crippen LogP contribution in [0, 0.1) is 6.92 Å². The maximum absolute atomic E-state index is 4.71. The van der Waals surface area contributed by atoms with E-state index >= 15 is 0 Å². The number of hydrogen-bond acceptors (Lipinski definition) is 2. The summed E-state index contributed by atoms with van der Waals surface area (Å²) in [7, 11) is 0. The molecule has 0 radical (unpaired) electrons. The molecule has 0 spiro atoms. The lowest BCUT2D eigenvalue weighted by atomic mass is 10.1. The zero-order valence-corrected chi connectivity index (χ0v) is 10.6. The van der Waals surface area contributed by atoms with Crippen LogP contribution >= 0.6 is 0 Å². The lowest BCUT2D eigenvalue weighted by Crippen LogP contribution is -1.98. The van der Waals surface area contributed by atoms with E-state index in [0.29, 0.717) is 0 Å². The smallest absolute Gasteiger partial charge is 0.106 e. The Bertz CT molecular complexity index is 640. The Morgan fingerprint density at radius 1 is 1.11 bits per heavy atom. The van der Waals surface area contributed by atoms with Crippen LogP contribution in [0.25, 0.3) is 22.6 Å². The van der Waals surface area contributed by atoms with Gasteiger partial charge in [-0.2, -0.15) is 0 Å². The molecule has 2 aliphatic rings. The Hall–Kier alpha value is -2.16. The van der Waals surface area contributed by atoms with Crippen LogP contribution in [0.15, 0.2) is 42.9 Å². The van der Waals surface area contributed by atoms with Gasteiger partial charge in [0.25, 0.3) is 0 Å². The molecular formula is C15H15N3. The normalized spacial score (nSPS) is 11.0. The van der Waals surface area contributed by atoms with Crippen molar-refractivity contribution in [2.24, 2.45) is 0 Å². The minimum absolute atomic E-state index is 0.912. The van der Waals surface area contributed by atoms with Gasteiger partial charge in [-0.15, -0.1) is 0 Å². The molecule has 1 aromatic carbocycles. The van der Waals surface area contributed by atoms with Crippen LogP contribution in [-0.4, -0.2) is 14.5 Å². The second-order valence-electron chi connectivity index (χ2n) is 4.39. The summed E-state index contributed by atoms with van der Waals surface area (Å²) in [4.78, 5) is 9.21. The molecule has 0 unspecified atom stereocenters. The standard InChI is InChI=1S/C15H15N3/c1-3-18-9-13-15(16-10-18)11(2)14(17-13)12-7-5-4-6-8-12/h4-10H,3H2,1-2H3. The van der Waals surface area contributed by atoms with E-state index in [1.54, 1.807) is 0 Å². The summed E-state index contributed by atoms with van der Waals surface area (Å²) in [5.74, 6) is 0. The molecular weight excluding hydrogens is 222 g/mol. The molecule has 0 N–H and O–H groups in total. The minimum Gasteiger partial charge on any atom is -0.337 e. The minimum atomic E-state index is 0.912. The first-order valence-corrected chi connectivity index (χ1v) is 6.17. The fourth-order valence-electron chi connectivity index (χ4n) is 2.19. The predicted molar refractivity (Wildman–Crippen MR) is 72.5 cm³/mol. The monoisotopic (exact) mass is 237 g/mol. The quantitative estimate of drug-likeness (QED) is 0.684. The molecule has 1 aromatic rings. The molecule has 2 heterocycles. The third kappa shape index (κ3) is 1.68. The maximum atomic E-state index is 4.71. The summed E-state index contributed by atoms with van der Waals surface area (Å²) in [6, 6.07) is 10.3. The number of fused-ring (bicyclic) bond motifs is 1. The van der Waals surface area contributed by atoms with Gasteiger partial charge in [-0.3, -0.25) is 0 Å². The average Bonchev–Trinajstić information content (AvgIpc) is 2.76. The number of aromatic nitrogens is 3. The van der Waals surface area contributed by atoms with Gasteiger partial charge in [0.05, 0.1) is 17.7 Å². The van der Waals surface area contributed by atoms with E-state index in [0.717, 1.165) is 34.8 Å². The van der Waals surface area contributed by atoms with Crippen molar-refractivity contribution in [3.63, 3.8) is 0 Å². The molecule has 0 saturated heterocycles. The lowest BCUT2D eigenvalue weighted by molar-refractivity contribution is 0.734. The SMILES string of the molecule is CCn1cnc2c(C)c(-c3ccccc3)nc-2c1. The number of rotatable bonds is 2. The maximum Gasteiger partial charge on any atom is 0.106 e. The average molecular weight is 237 g/mol. The van der Waals surface area contributed by atoms with Crippen molar-refractivity contribution in [3.8, 4) is 22.6 Å². The van der Waals surface area contributed by atoms with Crippen molar-refractivity contribution < 1.29 is 0 Å². The summed E-state index contributed by atoms with van der Waals surface area (Å²) in [6.07, 6.45) is 3.92. The predicted octanol–water partition coefficient (Wildman–Crippen LogP) is 3.38. The van der Waals surface area contributed by atoms with Gasteiger partial charge in [0.2, 0.25) is 0 Å². The Morgan fingerprint density at radius 2 is 1.89 bits per heavy atom. The molecule has 90 valence electrons. The first-order chi connectivity index (χ1) is 8.79. The first kappa shape index (κ1) is 11.0. The van der Waals surface area contributed by atoms with E-state index in [1.807, 2.05) is 29.1 Å². The van der Waals surface area contributed by atoms with Crippen LogP contribution in [0.5, 0.6) is 0 Å². The lowest BCUT2D eigenvalue weighted by Gasteiger charge is -2.03. The third-order valence-corrected chi connectivity index (χ3v) is 3.22. The largest absolute Gasteiger partial charge is 0.337 e. The Kier molecular flexibility index (Phi) is 2.59. The molecule has 2 aliphatic heterocycles. The van der Waals surface area contributed by atoms with Gasteiger partial charge in [-0.1, -0.05) is 30.3 Å². The van der Waals surface area contributed by atoms with Crippen LogP contribution in [0.4, 0.5) is 0 Å². The number of nitrogens with zero attached hydrogens (tertiary/aromatic N) is 3. The van der Waals surface area contributed by atoms with Crippen LogP contribution in [0.3, 0.4) is 0 Å². The highest BCUT2D eigenvalue weighted by atomic mass is 15.0. The fraction of sp³-hybridized carbons (Fsp3) is 0.200. The Morgan fingerprint density at radius 3 is 2.61 bits per heavy atom. The molecule has 3 rings (SSSR count). The van der Waals surface area contributed by atoms with Crippen LogP contribution in [0.1, 0.15) is 12.5 Å². The summed E-state index contributed by atoms with van der Waals surface area (Å²) < 4.78 is 2.05. The molecule has 0 aromatic heterocycles. The molecule has 3 heteroatoms. The van der Waals surface area contributed by atoms with Crippen molar-refractivity contribution in [2.75, 3.05) is 0 Å². The van der Waals surface area contributed by atoms with Crippen molar-refractivity contribution in [3.05, 3.63) is 48.4 Å². The van der Waals surface area contributed by atoms with E-state index in [9.17, 15) is 0 Å². The van der Waals surface area contributed by atoms with Gasteiger partial charge in [-0.05, 0) is 13.8 Å². The second-order valence-corrected chi connectivity index (χ2v) is 4.39. The van der Waals surface area contributed by atoms with E-state index in [4.69, 9.17) is 4.98 Å². The van der Waals surface area contributed by atoms with E-state index < -0.39 is 0 Å². The van der Waals surface area contributed by atoms with Crippen LogP contribution < -0.4 is 0 Å². The van der Waals surface area contributed by atoms with Gasteiger partial charge in [0.1, 0.15) is 5.69 Å². The summed E-state index contributed by atoms with van der Waals surface area (Å²) in [6.45, 7) is 5.10. The van der Waals surface area contributed by atoms with Crippen LogP contribution in [-0.2, 0) is 6.54 Å². The molecule has 3 nitrogen and oxygen atoms in total. The molecule has 0 fully saturated rings. The van der Waals surface area contributed by atoms with Crippen molar-refractivity contribution in [2.45, 2.75) is 20.4 Å². The van der Waals surface area contributed by atoms with Gasteiger partial charge in [-0.25, -0.2) is 9.97 Å². The molecule has 0 amide bonds. The fourth-order valence-corrected chi connectivity index (χ4v) is 2.19. The van der Waals surface area contributed by atoms with E-state index in [2.05, 4.69) is 37.2 Å². The summed E-state index contributed by atoms with van der Waals surface area (Å²) in [5, 5.41) is 0.